The fraction of sp³-hybridized carbons (Fsp3) is 0. The number of hydrogen-bond acceptors (Lipinski definition) is 2. The molecule has 16 heavy (non-hydrogen) atoms. The van der Waals surface area contributed by atoms with E-state index in [-0.39, 0.29) is 5.70 Å². The Balaban J connectivity index is 2.33. The third-order valence-electron chi connectivity index (χ3n) is 2.34. The van der Waals surface area contributed by atoms with E-state index >= 15 is 0 Å². The summed E-state index contributed by atoms with van der Waals surface area (Å²) in [6.07, 6.45) is 0. The molecule has 0 saturated heterocycles. The van der Waals surface area contributed by atoms with Gasteiger partial charge in [-0.3, -0.25) is 4.79 Å². The first kappa shape index (κ1) is 10.2. The molecule has 3 heteroatoms. The highest BCUT2D eigenvalue weighted by molar-refractivity contribution is 5.95. The first-order chi connectivity index (χ1) is 7.66. The van der Waals surface area contributed by atoms with Crippen LogP contribution in [0.4, 0.5) is 5.69 Å². The van der Waals surface area contributed by atoms with Crippen molar-refractivity contribution in [3.63, 3.8) is 0 Å². The number of carbonyl (C=O) groups is 1. The molecule has 2 aromatic rings. The molecule has 0 radical (unpaired) electrons. The molecule has 0 spiro atoms. The summed E-state index contributed by atoms with van der Waals surface area (Å²) < 4.78 is 0. The third-order valence-corrected chi connectivity index (χ3v) is 2.34. The average molecular weight is 212 g/mol. The summed E-state index contributed by atoms with van der Waals surface area (Å²) in [5.74, 6) is -0.548. The van der Waals surface area contributed by atoms with Crippen LogP contribution in [0.3, 0.4) is 0 Å². The van der Waals surface area contributed by atoms with Crippen LogP contribution in [0.25, 0.3) is 10.8 Å². The van der Waals surface area contributed by atoms with Gasteiger partial charge in [-0.05, 0) is 22.9 Å². The van der Waals surface area contributed by atoms with Gasteiger partial charge >= 0.3 is 0 Å². The molecule has 0 aromatic heterocycles. The summed E-state index contributed by atoms with van der Waals surface area (Å²) in [5, 5.41) is 5.12. The predicted molar refractivity (Wildman–Crippen MR) is 65.9 cm³/mol. The highest BCUT2D eigenvalue weighted by atomic mass is 16.1. The summed E-state index contributed by atoms with van der Waals surface area (Å²) in [6.45, 7) is 3.54. The Morgan fingerprint density at radius 1 is 1.12 bits per heavy atom. The van der Waals surface area contributed by atoms with Crippen molar-refractivity contribution < 1.29 is 4.79 Å². The maximum absolute atomic E-state index is 10.8. The number of primary amides is 1. The van der Waals surface area contributed by atoms with Gasteiger partial charge in [0.15, 0.2) is 0 Å². The zero-order chi connectivity index (χ0) is 11.5. The van der Waals surface area contributed by atoms with Crippen LogP contribution in [-0.2, 0) is 4.79 Å². The summed E-state index contributed by atoms with van der Waals surface area (Å²) in [5.41, 5.74) is 6.09. The molecule has 0 aliphatic carbocycles. The van der Waals surface area contributed by atoms with Gasteiger partial charge in [-0.2, -0.15) is 0 Å². The van der Waals surface area contributed by atoms with Gasteiger partial charge in [-0.15, -0.1) is 0 Å². The van der Waals surface area contributed by atoms with E-state index in [1.165, 1.54) is 0 Å². The Hall–Kier alpha value is -2.29. The molecular formula is C13H12N2O. The minimum Gasteiger partial charge on any atom is -0.364 e. The SMILES string of the molecule is C=C(Nc1ccc2ccccc2c1)C(N)=O. The zero-order valence-corrected chi connectivity index (χ0v) is 8.73. The molecule has 80 valence electrons. The van der Waals surface area contributed by atoms with Crippen LogP contribution in [0.1, 0.15) is 0 Å². The summed E-state index contributed by atoms with van der Waals surface area (Å²) in [4.78, 5) is 10.8. The number of nitrogens with two attached hydrogens (primary N) is 1. The Labute approximate surface area is 93.6 Å². The van der Waals surface area contributed by atoms with E-state index in [2.05, 4.69) is 11.9 Å². The van der Waals surface area contributed by atoms with E-state index in [0.717, 1.165) is 16.5 Å². The van der Waals surface area contributed by atoms with Crippen LogP contribution < -0.4 is 11.1 Å². The molecule has 0 aliphatic rings. The van der Waals surface area contributed by atoms with Gasteiger partial charge in [0.25, 0.3) is 5.91 Å². The van der Waals surface area contributed by atoms with E-state index in [1.54, 1.807) is 0 Å². The molecule has 1 amide bonds. The Kier molecular flexibility index (Phi) is 2.60. The molecule has 0 saturated carbocycles. The lowest BCUT2D eigenvalue weighted by molar-refractivity contribution is -0.114. The zero-order valence-electron chi connectivity index (χ0n) is 8.73. The number of anilines is 1. The lowest BCUT2D eigenvalue weighted by Crippen LogP contribution is -2.18. The maximum Gasteiger partial charge on any atom is 0.264 e. The first-order valence-corrected chi connectivity index (χ1v) is 4.91. The fourth-order valence-corrected chi connectivity index (χ4v) is 1.50. The minimum absolute atomic E-state index is 0.190. The average Bonchev–Trinajstić information content (AvgIpc) is 2.28. The number of nitrogens with one attached hydrogen (secondary N) is 1. The van der Waals surface area contributed by atoms with Crippen LogP contribution in [0.5, 0.6) is 0 Å². The molecule has 2 aromatic carbocycles. The number of amides is 1. The fourth-order valence-electron chi connectivity index (χ4n) is 1.50. The van der Waals surface area contributed by atoms with E-state index in [0.29, 0.717) is 0 Å². The van der Waals surface area contributed by atoms with Crippen LogP contribution >= 0.6 is 0 Å². The van der Waals surface area contributed by atoms with Crippen LogP contribution in [-0.4, -0.2) is 5.91 Å². The van der Waals surface area contributed by atoms with Crippen molar-refractivity contribution in [2.75, 3.05) is 5.32 Å². The highest BCUT2D eigenvalue weighted by Crippen LogP contribution is 2.19. The van der Waals surface area contributed by atoms with Crippen LogP contribution in [0, 0.1) is 0 Å². The van der Waals surface area contributed by atoms with E-state index in [1.807, 2.05) is 42.5 Å². The molecule has 3 N–H and O–H groups in total. The number of carbonyl (C=O) groups excluding carboxylic acids is 1. The predicted octanol–water partition coefficient (Wildman–Crippen LogP) is 2.25. The number of rotatable bonds is 3. The lowest BCUT2D eigenvalue weighted by atomic mass is 10.1. The molecule has 0 unspecified atom stereocenters. The number of hydrogen-bond donors (Lipinski definition) is 2. The van der Waals surface area contributed by atoms with Gasteiger partial charge in [0.2, 0.25) is 0 Å². The van der Waals surface area contributed by atoms with Crippen molar-refractivity contribution >= 4 is 22.4 Å². The monoisotopic (exact) mass is 212 g/mol. The highest BCUT2D eigenvalue weighted by Gasteiger charge is 2.01. The topological polar surface area (TPSA) is 55.1 Å². The van der Waals surface area contributed by atoms with E-state index < -0.39 is 5.91 Å². The second kappa shape index (κ2) is 4.06. The summed E-state index contributed by atoms with van der Waals surface area (Å²) in [6, 6.07) is 13.8. The summed E-state index contributed by atoms with van der Waals surface area (Å²) >= 11 is 0. The van der Waals surface area contributed by atoms with Gasteiger partial charge in [-0.25, -0.2) is 0 Å². The number of fused-ring (bicyclic) bond motifs is 1. The van der Waals surface area contributed by atoms with Crippen molar-refractivity contribution in [2.24, 2.45) is 5.73 Å². The van der Waals surface area contributed by atoms with Crippen molar-refractivity contribution in [2.45, 2.75) is 0 Å². The van der Waals surface area contributed by atoms with Gasteiger partial charge in [-0.1, -0.05) is 36.9 Å². The molecule has 2 rings (SSSR count). The first-order valence-electron chi connectivity index (χ1n) is 4.91. The Morgan fingerprint density at radius 2 is 1.81 bits per heavy atom. The van der Waals surface area contributed by atoms with Crippen molar-refractivity contribution in [3.05, 3.63) is 54.7 Å². The normalized spacial score (nSPS) is 10.0. The standard InChI is InChI=1S/C13H12N2O/c1-9(13(14)16)15-12-7-6-10-4-2-3-5-11(10)8-12/h2-8,15H,1H2,(H2,14,16). The maximum atomic E-state index is 10.8. The summed E-state index contributed by atoms with van der Waals surface area (Å²) in [7, 11) is 0. The minimum atomic E-state index is -0.548. The van der Waals surface area contributed by atoms with Crippen molar-refractivity contribution in [3.8, 4) is 0 Å². The molecular weight excluding hydrogens is 200 g/mol. The quantitative estimate of drug-likeness (QED) is 0.767. The van der Waals surface area contributed by atoms with E-state index in [9.17, 15) is 4.79 Å². The van der Waals surface area contributed by atoms with E-state index in [4.69, 9.17) is 5.73 Å². The van der Waals surface area contributed by atoms with Crippen LogP contribution in [0.2, 0.25) is 0 Å². The molecule has 0 bridgehead atoms. The van der Waals surface area contributed by atoms with Gasteiger partial charge in [0.05, 0.1) is 5.70 Å². The van der Waals surface area contributed by atoms with Crippen molar-refractivity contribution in [1.29, 1.82) is 0 Å². The van der Waals surface area contributed by atoms with Crippen LogP contribution in [0.15, 0.2) is 54.7 Å². The van der Waals surface area contributed by atoms with Gasteiger partial charge in [0, 0.05) is 5.69 Å². The second-order valence-corrected chi connectivity index (χ2v) is 3.53. The smallest absolute Gasteiger partial charge is 0.264 e. The van der Waals surface area contributed by atoms with Crippen molar-refractivity contribution in [1.82, 2.24) is 0 Å². The Morgan fingerprint density at radius 3 is 2.50 bits per heavy atom. The Bertz CT molecular complexity index is 561. The van der Waals surface area contributed by atoms with Gasteiger partial charge in [0.1, 0.15) is 0 Å². The molecule has 3 nitrogen and oxygen atoms in total. The molecule has 0 fully saturated rings. The second-order valence-electron chi connectivity index (χ2n) is 3.53. The largest absolute Gasteiger partial charge is 0.364 e. The molecule has 0 atom stereocenters. The third kappa shape index (κ3) is 2.03. The molecule has 0 aliphatic heterocycles. The number of benzene rings is 2. The molecule has 0 heterocycles. The lowest BCUT2D eigenvalue weighted by Gasteiger charge is -2.07. The van der Waals surface area contributed by atoms with Gasteiger partial charge < -0.3 is 11.1 Å².